The van der Waals surface area contributed by atoms with Crippen LogP contribution in [0.25, 0.3) is 0 Å². The zero-order chi connectivity index (χ0) is 21.4. The van der Waals surface area contributed by atoms with Gasteiger partial charge >= 0.3 is 0 Å². The van der Waals surface area contributed by atoms with Crippen LogP contribution in [0.1, 0.15) is 31.0 Å². The molecule has 8 nitrogen and oxygen atoms in total. The number of aromatic nitrogens is 2. The first kappa shape index (κ1) is 26.2. The maximum absolute atomic E-state index is 10.8. The van der Waals surface area contributed by atoms with Crippen LogP contribution in [0.4, 0.5) is 0 Å². The quantitative estimate of drug-likeness (QED) is 0.262. The van der Waals surface area contributed by atoms with Crippen LogP contribution in [-0.4, -0.2) is 66.6 Å². The van der Waals surface area contributed by atoms with Crippen molar-refractivity contribution in [3.05, 3.63) is 47.8 Å². The van der Waals surface area contributed by atoms with Gasteiger partial charge in [-0.05, 0) is 45.6 Å². The Bertz CT molecular complexity index is 806. The maximum atomic E-state index is 10.8. The van der Waals surface area contributed by atoms with Gasteiger partial charge < -0.3 is 25.4 Å². The van der Waals surface area contributed by atoms with E-state index in [0.717, 1.165) is 23.4 Å². The lowest BCUT2D eigenvalue weighted by Crippen LogP contribution is -2.42. The van der Waals surface area contributed by atoms with E-state index in [2.05, 4.69) is 31.7 Å². The molecule has 1 heterocycles. The van der Waals surface area contributed by atoms with E-state index in [1.165, 1.54) is 0 Å². The minimum absolute atomic E-state index is 0. The molecule has 2 atom stereocenters. The number of ether oxygens (including phenoxy) is 1. The predicted molar refractivity (Wildman–Crippen MR) is 132 cm³/mol. The van der Waals surface area contributed by atoms with E-state index in [9.17, 15) is 5.11 Å². The number of halogens is 1. The maximum Gasteiger partial charge on any atom is 0.191 e. The first-order valence-corrected chi connectivity index (χ1v) is 9.81. The molecule has 2 rings (SSSR count). The van der Waals surface area contributed by atoms with Gasteiger partial charge in [0.05, 0.1) is 25.9 Å². The second-order valence-corrected chi connectivity index (χ2v) is 7.51. The Labute approximate surface area is 196 Å². The van der Waals surface area contributed by atoms with Gasteiger partial charge in [-0.3, -0.25) is 4.68 Å². The monoisotopic (exact) mass is 530 g/mol. The highest BCUT2D eigenvalue weighted by atomic mass is 127. The molecule has 168 valence electrons. The van der Waals surface area contributed by atoms with Gasteiger partial charge in [0.2, 0.25) is 0 Å². The number of benzene rings is 1. The Hall–Kier alpha value is -1.85. The molecule has 0 aliphatic heterocycles. The third-order valence-electron chi connectivity index (χ3n) is 4.78. The number of aryl methyl sites for hydroxylation is 1. The molecule has 0 bridgehead atoms. The normalized spacial score (nSPS) is 14.6. The second-order valence-electron chi connectivity index (χ2n) is 7.51. The summed E-state index contributed by atoms with van der Waals surface area (Å²) in [4.78, 5) is 6.74. The molecule has 0 aliphatic rings. The van der Waals surface area contributed by atoms with E-state index in [1.807, 2.05) is 46.3 Å². The number of hydrogen-bond acceptors (Lipinski definition) is 5. The SMILES string of the molecule is CCNC(=NCC(C)(O)c1cnn(C)c1)NCC(c1cccc(OC)c1)N(C)C.I. The number of aliphatic imine (C=N–C) groups is 1. The van der Waals surface area contributed by atoms with Gasteiger partial charge in [0, 0.05) is 31.9 Å². The fraction of sp³-hybridized carbons (Fsp3) is 0.524. The van der Waals surface area contributed by atoms with Crippen molar-refractivity contribution in [2.45, 2.75) is 25.5 Å². The van der Waals surface area contributed by atoms with Crippen molar-refractivity contribution in [1.29, 1.82) is 0 Å². The highest BCUT2D eigenvalue weighted by Crippen LogP contribution is 2.22. The molecule has 0 amide bonds. The van der Waals surface area contributed by atoms with Gasteiger partial charge in [-0.1, -0.05) is 12.1 Å². The highest BCUT2D eigenvalue weighted by molar-refractivity contribution is 14.0. The molecule has 30 heavy (non-hydrogen) atoms. The second kappa shape index (κ2) is 12.1. The zero-order valence-electron chi connectivity index (χ0n) is 18.7. The van der Waals surface area contributed by atoms with Crippen molar-refractivity contribution in [2.75, 3.05) is 40.8 Å². The summed E-state index contributed by atoms with van der Waals surface area (Å²) in [5.41, 5.74) is 0.798. The van der Waals surface area contributed by atoms with Crippen molar-refractivity contribution < 1.29 is 9.84 Å². The number of guanidine groups is 1. The molecule has 0 radical (unpaired) electrons. The van der Waals surface area contributed by atoms with E-state index in [0.29, 0.717) is 12.5 Å². The zero-order valence-corrected chi connectivity index (χ0v) is 21.0. The lowest BCUT2D eigenvalue weighted by molar-refractivity contribution is 0.0671. The standard InChI is InChI=1S/C21H34N6O2.HI/c1-7-22-20(24-15-21(2,28)17-12-25-27(5)14-17)23-13-19(26(3)4)16-9-8-10-18(11-16)29-6;/h8-12,14,19,28H,7,13,15H2,1-6H3,(H2,22,23,24);1H. The number of aliphatic hydroxyl groups is 1. The molecule has 0 saturated carbocycles. The Morgan fingerprint density at radius 1 is 1.37 bits per heavy atom. The van der Waals surface area contributed by atoms with Gasteiger partial charge in [0.25, 0.3) is 0 Å². The summed E-state index contributed by atoms with van der Waals surface area (Å²) in [7, 11) is 7.59. The van der Waals surface area contributed by atoms with Crippen LogP contribution in [0.5, 0.6) is 5.75 Å². The van der Waals surface area contributed by atoms with E-state index < -0.39 is 5.60 Å². The van der Waals surface area contributed by atoms with Crippen LogP contribution in [0.2, 0.25) is 0 Å². The summed E-state index contributed by atoms with van der Waals surface area (Å²) >= 11 is 0. The van der Waals surface area contributed by atoms with Crippen LogP contribution in [0.15, 0.2) is 41.7 Å². The number of rotatable bonds is 9. The van der Waals surface area contributed by atoms with Crippen LogP contribution in [0.3, 0.4) is 0 Å². The fourth-order valence-corrected chi connectivity index (χ4v) is 3.01. The molecule has 0 spiro atoms. The summed E-state index contributed by atoms with van der Waals surface area (Å²) in [6, 6.07) is 8.20. The Morgan fingerprint density at radius 2 is 2.10 bits per heavy atom. The van der Waals surface area contributed by atoms with Crippen molar-refractivity contribution >= 4 is 29.9 Å². The number of likely N-dealkylation sites (N-methyl/N-ethyl adjacent to an activating group) is 1. The average molecular weight is 530 g/mol. The van der Waals surface area contributed by atoms with Crippen LogP contribution in [0, 0.1) is 0 Å². The molecule has 2 unspecified atom stereocenters. The molecular weight excluding hydrogens is 495 g/mol. The van der Waals surface area contributed by atoms with Crippen molar-refractivity contribution in [1.82, 2.24) is 25.3 Å². The van der Waals surface area contributed by atoms with Crippen molar-refractivity contribution in [3.63, 3.8) is 0 Å². The van der Waals surface area contributed by atoms with Gasteiger partial charge in [-0.2, -0.15) is 5.10 Å². The summed E-state index contributed by atoms with van der Waals surface area (Å²) in [6.07, 6.45) is 3.47. The Morgan fingerprint density at radius 3 is 2.67 bits per heavy atom. The summed E-state index contributed by atoms with van der Waals surface area (Å²) in [6.45, 7) is 5.37. The third-order valence-corrected chi connectivity index (χ3v) is 4.78. The lowest BCUT2D eigenvalue weighted by Gasteiger charge is -2.27. The third kappa shape index (κ3) is 7.44. The molecule has 1 aromatic carbocycles. The molecule has 0 fully saturated rings. The summed E-state index contributed by atoms with van der Waals surface area (Å²) < 4.78 is 7.03. The van der Waals surface area contributed by atoms with E-state index in [1.54, 1.807) is 31.1 Å². The molecule has 9 heteroatoms. The van der Waals surface area contributed by atoms with Crippen molar-refractivity contribution in [3.8, 4) is 5.75 Å². The highest BCUT2D eigenvalue weighted by Gasteiger charge is 2.25. The van der Waals surface area contributed by atoms with Crippen molar-refractivity contribution in [2.24, 2.45) is 12.0 Å². The van der Waals surface area contributed by atoms with Gasteiger partial charge in [-0.25, -0.2) is 4.99 Å². The molecular formula is C21H35IN6O2. The molecule has 2 aromatic rings. The number of methoxy groups -OCH3 is 1. The van der Waals surface area contributed by atoms with Crippen LogP contribution in [-0.2, 0) is 12.6 Å². The van der Waals surface area contributed by atoms with E-state index in [-0.39, 0.29) is 36.6 Å². The fourth-order valence-electron chi connectivity index (χ4n) is 3.01. The van der Waals surface area contributed by atoms with Gasteiger partial charge in [-0.15, -0.1) is 24.0 Å². The van der Waals surface area contributed by atoms with Crippen LogP contribution >= 0.6 is 24.0 Å². The number of nitrogens with one attached hydrogen (secondary N) is 2. The van der Waals surface area contributed by atoms with Crippen LogP contribution < -0.4 is 15.4 Å². The smallest absolute Gasteiger partial charge is 0.191 e. The van der Waals surface area contributed by atoms with E-state index in [4.69, 9.17) is 4.74 Å². The Kier molecular flexibility index (Phi) is 10.6. The van der Waals surface area contributed by atoms with Gasteiger partial charge in [0.1, 0.15) is 11.4 Å². The molecule has 0 aliphatic carbocycles. The summed E-state index contributed by atoms with van der Waals surface area (Å²) in [5.74, 6) is 1.49. The number of nitrogens with zero attached hydrogens (tertiary/aromatic N) is 4. The molecule has 3 N–H and O–H groups in total. The Balaban J connectivity index is 0.00000450. The average Bonchev–Trinajstić information content (AvgIpc) is 3.13. The predicted octanol–water partition coefficient (Wildman–Crippen LogP) is 2.11. The minimum atomic E-state index is -1.09. The minimum Gasteiger partial charge on any atom is -0.497 e. The first-order valence-electron chi connectivity index (χ1n) is 9.81. The van der Waals surface area contributed by atoms with E-state index >= 15 is 0 Å². The molecule has 1 aromatic heterocycles. The largest absolute Gasteiger partial charge is 0.497 e. The lowest BCUT2D eigenvalue weighted by atomic mass is 10.0. The topological polar surface area (TPSA) is 86.9 Å². The summed E-state index contributed by atoms with van der Waals surface area (Å²) in [5, 5.41) is 21.5. The van der Waals surface area contributed by atoms with Gasteiger partial charge in [0.15, 0.2) is 5.96 Å². The first-order chi connectivity index (χ1) is 13.8. The molecule has 0 saturated heterocycles. The number of hydrogen-bond donors (Lipinski definition) is 3.